The van der Waals surface area contributed by atoms with E-state index in [4.69, 9.17) is 0 Å². The summed E-state index contributed by atoms with van der Waals surface area (Å²) in [5.74, 6) is -0.874. The number of amides is 3. The first-order valence-electron chi connectivity index (χ1n) is 8.13. The van der Waals surface area contributed by atoms with E-state index in [1.165, 1.54) is 11.8 Å². The SMILES string of the molecule is O=C1CC(Sc2ccccc2C(=O)NCc2cccc(CO)c2)C(=O)N1. The Bertz CT molecular complexity index is 853. The fourth-order valence-electron chi connectivity index (χ4n) is 2.65. The van der Waals surface area contributed by atoms with Gasteiger partial charge in [-0.2, -0.15) is 0 Å². The maximum Gasteiger partial charge on any atom is 0.252 e. The molecular weight excluding hydrogens is 352 g/mol. The molecule has 134 valence electrons. The van der Waals surface area contributed by atoms with Crippen molar-refractivity contribution in [2.75, 3.05) is 0 Å². The lowest BCUT2D eigenvalue weighted by molar-refractivity contribution is -0.124. The molecule has 3 amide bonds. The highest BCUT2D eigenvalue weighted by molar-refractivity contribution is 8.00. The Kier molecular flexibility index (Phi) is 5.70. The van der Waals surface area contributed by atoms with E-state index in [0.717, 1.165) is 11.1 Å². The number of carbonyl (C=O) groups is 3. The predicted molar refractivity (Wildman–Crippen MR) is 97.4 cm³/mol. The topological polar surface area (TPSA) is 95.5 Å². The van der Waals surface area contributed by atoms with E-state index in [-0.39, 0.29) is 30.7 Å². The molecule has 0 aromatic heterocycles. The summed E-state index contributed by atoms with van der Waals surface area (Å²) in [7, 11) is 0. The molecule has 0 bridgehead atoms. The second-order valence-electron chi connectivity index (χ2n) is 5.88. The number of thioether (sulfide) groups is 1. The van der Waals surface area contributed by atoms with Crippen LogP contribution >= 0.6 is 11.8 Å². The van der Waals surface area contributed by atoms with Crippen LogP contribution in [-0.4, -0.2) is 28.1 Å². The quantitative estimate of drug-likeness (QED) is 0.672. The molecular formula is C19H18N2O4S. The molecule has 1 saturated heterocycles. The molecule has 7 heteroatoms. The van der Waals surface area contributed by atoms with E-state index in [1.807, 2.05) is 24.3 Å². The van der Waals surface area contributed by atoms with Gasteiger partial charge in [-0.05, 0) is 23.3 Å². The van der Waals surface area contributed by atoms with Crippen molar-refractivity contribution in [3.05, 3.63) is 65.2 Å². The number of aliphatic hydroxyl groups excluding tert-OH is 1. The van der Waals surface area contributed by atoms with Gasteiger partial charge in [0, 0.05) is 17.9 Å². The Morgan fingerprint density at radius 3 is 2.65 bits per heavy atom. The van der Waals surface area contributed by atoms with Gasteiger partial charge in [-0.3, -0.25) is 19.7 Å². The number of aliphatic hydroxyl groups is 1. The van der Waals surface area contributed by atoms with Gasteiger partial charge in [-0.15, -0.1) is 11.8 Å². The summed E-state index contributed by atoms with van der Waals surface area (Å²) in [6, 6.07) is 14.3. The first-order valence-corrected chi connectivity index (χ1v) is 9.01. The van der Waals surface area contributed by atoms with Gasteiger partial charge >= 0.3 is 0 Å². The van der Waals surface area contributed by atoms with Gasteiger partial charge in [0.1, 0.15) is 0 Å². The largest absolute Gasteiger partial charge is 0.392 e. The lowest BCUT2D eigenvalue weighted by Gasteiger charge is -2.12. The molecule has 2 aromatic rings. The fourth-order valence-corrected chi connectivity index (χ4v) is 3.80. The molecule has 1 unspecified atom stereocenters. The van der Waals surface area contributed by atoms with Crippen LogP contribution in [-0.2, 0) is 22.7 Å². The smallest absolute Gasteiger partial charge is 0.252 e. The van der Waals surface area contributed by atoms with Crippen LogP contribution in [0.1, 0.15) is 27.9 Å². The number of rotatable bonds is 6. The number of benzene rings is 2. The molecule has 6 nitrogen and oxygen atoms in total. The third kappa shape index (κ3) is 4.30. The van der Waals surface area contributed by atoms with Crippen molar-refractivity contribution in [2.45, 2.75) is 29.7 Å². The molecule has 1 aliphatic rings. The number of imide groups is 1. The number of nitrogens with one attached hydrogen (secondary N) is 2. The minimum atomic E-state index is -0.516. The number of carbonyl (C=O) groups excluding carboxylic acids is 3. The third-order valence-corrected chi connectivity index (χ3v) is 5.23. The van der Waals surface area contributed by atoms with Crippen molar-refractivity contribution in [2.24, 2.45) is 0 Å². The first kappa shape index (κ1) is 18.2. The van der Waals surface area contributed by atoms with Gasteiger partial charge in [0.2, 0.25) is 11.8 Å². The molecule has 26 heavy (non-hydrogen) atoms. The lowest BCUT2D eigenvalue weighted by Crippen LogP contribution is -2.25. The van der Waals surface area contributed by atoms with Crippen molar-refractivity contribution in [1.82, 2.24) is 10.6 Å². The van der Waals surface area contributed by atoms with Crippen molar-refractivity contribution < 1.29 is 19.5 Å². The molecule has 3 N–H and O–H groups in total. The zero-order valence-corrected chi connectivity index (χ0v) is 14.7. The lowest BCUT2D eigenvalue weighted by atomic mass is 10.1. The van der Waals surface area contributed by atoms with Crippen LogP contribution in [0.4, 0.5) is 0 Å². The van der Waals surface area contributed by atoms with Crippen molar-refractivity contribution in [3.8, 4) is 0 Å². The first-order chi connectivity index (χ1) is 12.6. The summed E-state index contributed by atoms with van der Waals surface area (Å²) in [6.07, 6.45) is 0.118. The van der Waals surface area contributed by atoms with Crippen LogP contribution in [0.15, 0.2) is 53.4 Å². The van der Waals surface area contributed by atoms with Gasteiger partial charge in [0.05, 0.1) is 17.4 Å². The zero-order valence-electron chi connectivity index (χ0n) is 13.9. The second-order valence-corrected chi connectivity index (χ2v) is 7.12. The maximum absolute atomic E-state index is 12.6. The van der Waals surface area contributed by atoms with Gasteiger partial charge in [0.15, 0.2) is 0 Å². The average Bonchev–Trinajstić information content (AvgIpc) is 2.97. The summed E-state index contributed by atoms with van der Waals surface area (Å²) < 4.78 is 0. The molecule has 1 atom stereocenters. The monoisotopic (exact) mass is 370 g/mol. The molecule has 3 rings (SSSR count). The van der Waals surface area contributed by atoms with Crippen molar-refractivity contribution in [1.29, 1.82) is 0 Å². The highest BCUT2D eigenvalue weighted by Gasteiger charge is 2.32. The maximum atomic E-state index is 12.6. The highest BCUT2D eigenvalue weighted by Crippen LogP contribution is 2.30. The van der Waals surface area contributed by atoms with Crippen LogP contribution in [0.25, 0.3) is 0 Å². The average molecular weight is 370 g/mol. The van der Waals surface area contributed by atoms with Crippen LogP contribution < -0.4 is 10.6 Å². The zero-order chi connectivity index (χ0) is 18.5. The minimum absolute atomic E-state index is 0.0522. The summed E-state index contributed by atoms with van der Waals surface area (Å²) >= 11 is 1.22. The summed E-state index contributed by atoms with van der Waals surface area (Å²) in [4.78, 5) is 36.3. The van der Waals surface area contributed by atoms with E-state index in [0.29, 0.717) is 17.0 Å². The molecule has 0 aliphatic carbocycles. The second kappa shape index (κ2) is 8.16. The van der Waals surface area contributed by atoms with Crippen LogP contribution in [0, 0.1) is 0 Å². The van der Waals surface area contributed by atoms with Crippen molar-refractivity contribution in [3.63, 3.8) is 0 Å². The summed E-state index contributed by atoms with van der Waals surface area (Å²) in [5.41, 5.74) is 2.13. The standard InChI is InChI=1S/C19H18N2O4S/c22-11-13-5-3-4-12(8-13)10-20-18(24)14-6-1-2-7-15(14)26-16-9-17(23)21-19(16)25/h1-8,16,22H,9-11H2,(H,20,24)(H,21,23,25). The Morgan fingerprint density at radius 1 is 1.15 bits per heavy atom. The molecule has 1 fully saturated rings. The molecule has 0 spiro atoms. The Labute approximate surface area is 155 Å². The van der Waals surface area contributed by atoms with Crippen molar-refractivity contribution >= 4 is 29.5 Å². The Balaban J connectivity index is 1.69. The van der Waals surface area contributed by atoms with Gasteiger partial charge < -0.3 is 10.4 Å². The summed E-state index contributed by atoms with van der Waals surface area (Å²) in [6.45, 7) is 0.275. The Morgan fingerprint density at radius 2 is 1.92 bits per heavy atom. The minimum Gasteiger partial charge on any atom is -0.392 e. The van der Waals surface area contributed by atoms with E-state index in [9.17, 15) is 19.5 Å². The number of hydrogen-bond acceptors (Lipinski definition) is 5. The fraction of sp³-hybridized carbons (Fsp3) is 0.211. The molecule has 1 aliphatic heterocycles. The third-order valence-electron chi connectivity index (χ3n) is 3.95. The van der Waals surface area contributed by atoms with E-state index in [1.54, 1.807) is 24.3 Å². The van der Waals surface area contributed by atoms with Crippen LogP contribution in [0.3, 0.4) is 0 Å². The molecule has 0 radical (unpaired) electrons. The molecule has 0 saturated carbocycles. The van der Waals surface area contributed by atoms with Crippen LogP contribution in [0.5, 0.6) is 0 Å². The summed E-state index contributed by atoms with van der Waals surface area (Å²) in [5, 5.41) is 13.8. The van der Waals surface area contributed by atoms with E-state index < -0.39 is 5.25 Å². The molecule has 2 aromatic carbocycles. The molecule has 1 heterocycles. The van der Waals surface area contributed by atoms with Gasteiger partial charge in [-0.1, -0.05) is 36.4 Å². The van der Waals surface area contributed by atoms with Gasteiger partial charge in [-0.25, -0.2) is 0 Å². The predicted octanol–water partition coefficient (Wildman–Crippen LogP) is 1.62. The van der Waals surface area contributed by atoms with Crippen LogP contribution in [0.2, 0.25) is 0 Å². The van der Waals surface area contributed by atoms with E-state index in [2.05, 4.69) is 10.6 Å². The van der Waals surface area contributed by atoms with E-state index >= 15 is 0 Å². The van der Waals surface area contributed by atoms with Gasteiger partial charge in [0.25, 0.3) is 5.91 Å². The normalized spacial score (nSPS) is 16.4. The Hall–Kier alpha value is -2.64. The highest BCUT2D eigenvalue weighted by atomic mass is 32.2. The number of hydrogen-bond donors (Lipinski definition) is 3.